The van der Waals surface area contributed by atoms with Gasteiger partial charge in [0.1, 0.15) is 5.82 Å². The Hall–Kier alpha value is -1.29. The maximum absolute atomic E-state index is 11.4. The van der Waals surface area contributed by atoms with E-state index in [0.29, 0.717) is 31.0 Å². The summed E-state index contributed by atoms with van der Waals surface area (Å²) in [6, 6.07) is 3.97. The normalized spacial score (nSPS) is 16.6. The zero-order valence-corrected chi connectivity index (χ0v) is 19.0. The molecule has 1 aromatic rings. The third-order valence-corrected chi connectivity index (χ3v) is 4.32. The molecule has 2 rings (SSSR count). The first kappa shape index (κ1) is 23.7. The molecule has 0 aromatic carbocycles. The van der Waals surface area contributed by atoms with Crippen LogP contribution < -0.4 is 15.5 Å². The van der Waals surface area contributed by atoms with E-state index in [1.54, 1.807) is 6.20 Å². The quantitative estimate of drug-likeness (QED) is 0.184. The van der Waals surface area contributed by atoms with Crippen LogP contribution in [0.2, 0.25) is 5.02 Å². The number of rotatable bonds is 8. The highest BCUT2D eigenvalue weighted by atomic mass is 127. The number of hydrogen-bond acceptors (Lipinski definition) is 5. The van der Waals surface area contributed by atoms with Gasteiger partial charge in [-0.25, -0.2) is 4.98 Å². The first-order valence-corrected chi connectivity index (χ1v) is 9.57. The van der Waals surface area contributed by atoms with Crippen LogP contribution >= 0.6 is 35.6 Å². The van der Waals surface area contributed by atoms with Crippen molar-refractivity contribution in [3.63, 3.8) is 0 Å². The molecular weight excluding hydrogens is 481 g/mol. The standard InChI is InChI=1S/C18H28ClN5O2.HI/c1-3-20-18(22-11-6-8-16(25)26-4-2)23-14-9-12-24(13-14)17-15(19)7-5-10-21-17;/h5,7,10,14H,3-4,6,8-9,11-13H2,1-2H3,(H2,20,22,23);1H. The predicted molar refractivity (Wildman–Crippen MR) is 120 cm³/mol. The number of pyridine rings is 1. The highest BCUT2D eigenvalue weighted by Crippen LogP contribution is 2.25. The van der Waals surface area contributed by atoms with Gasteiger partial charge in [-0.3, -0.25) is 9.79 Å². The van der Waals surface area contributed by atoms with Gasteiger partial charge >= 0.3 is 5.97 Å². The lowest BCUT2D eigenvalue weighted by molar-refractivity contribution is -0.143. The lowest BCUT2D eigenvalue weighted by atomic mass is 10.3. The molecule has 1 atom stereocenters. The van der Waals surface area contributed by atoms with Crippen LogP contribution in [-0.4, -0.2) is 55.7 Å². The van der Waals surface area contributed by atoms with E-state index in [9.17, 15) is 4.79 Å². The average Bonchev–Trinajstić information content (AvgIpc) is 3.08. The molecule has 0 aliphatic carbocycles. The Balaban J connectivity index is 0.00000364. The van der Waals surface area contributed by atoms with Gasteiger partial charge < -0.3 is 20.3 Å². The molecule has 152 valence electrons. The first-order valence-electron chi connectivity index (χ1n) is 9.20. The van der Waals surface area contributed by atoms with Crippen LogP contribution in [0.5, 0.6) is 0 Å². The number of guanidine groups is 1. The van der Waals surface area contributed by atoms with Crippen LogP contribution in [0.3, 0.4) is 0 Å². The molecule has 27 heavy (non-hydrogen) atoms. The van der Waals surface area contributed by atoms with E-state index in [4.69, 9.17) is 16.3 Å². The van der Waals surface area contributed by atoms with Crippen molar-refractivity contribution in [2.45, 2.75) is 39.2 Å². The van der Waals surface area contributed by atoms with Gasteiger partial charge in [0.05, 0.1) is 11.6 Å². The number of anilines is 1. The molecule has 1 fully saturated rings. The minimum Gasteiger partial charge on any atom is -0.466 e. The van der Waals surface area contributed by atoms with Crippen molar-refractivity contribution >= 4 is 53.3 Å². The number of halogens is 2. The number of ether oxygens (including phenoxy) is 1. The highest BCUT2D eigenvalue weighted by Gasteiger charge is 2.25. The van der Waals surface area contributed by atoms with Gasteiger partial charge in [-0.15, -0.1) is 24.0 Å². The number of carbonyl (C=O) groups excluding carboxylic acids is 1. The summed E-state index contributed by atoms with van der Waals surface area (Å²) in [6.07, 6.45) is 3.82. The smallest absolute Gasteiger partial charge is 0.305 e. The maximum atomic E-state index is 11.4. The fourth-order valence-corrected chi connectivity index (χ4v) is 3.08. The molecule has 1 unspecified atom stereocenters. The van der Waals surface area contributed by atoms with Crippen molar-refractivity contribution in [1.82, 2.24) is 15.6 Å². The minimum absolute atomic E-state index is 0. The Bertz CT molecular complexity index is 617. The average molecular weight is 510 g/mol. The lowest BCUT2D eigenvalue weighted by Crippen LogP contribution is -2.44. The number of hydrogen-bond donors (Lipinski definition) is 2. The molecule has 9 heteroatoms. The van der Waals surface area contributed by atoms with E-state index in [0.717, 1.165) is 37.8 Å². The molecule has 0 saturated carbocycles. The zero-order chi connectivity index (χ0) is 18.8. The topological polar surface area (TPSA) is 78.8 Å². The SMILES string of the molecule is CCNC(=NCCCC(=O)OCC)NC1CCN(c2ncccc2Cl)C1.I. The highest BCUT2D eigenvalue weighted by molar-refractivity contribution is 14.0. The Morgan fingerprint density at radius 1 is 1.48 bits per heavy atom. The second-order valence-electron chi connectivity index (χ2n) is 6.05. The van der Waals surface area contributed by atoms with Crippen molar-refractivity contribution in [3.8, 4) is 0 Å². The monoisotopic (exact) mass is 509 g/mol. The molecule has 1 saturated heterocycles. The Labute approximate surface area is 183 Å². The van der Waals surface area contributed by atoms with Crippen molar-refractivity contribution < 1.29 is 9.53 Å². The fraction of sp³-hybridized carbons (Fsp3) is 0.611. The van der Waals surface area contributed by atoms with Gasteiger partial charge in [-0.05, 0) is 38.8 Å². The summed E-state index contributed by atoms with van der Waals surface area (Å²) >= 11 is 6.24. The van der Waals surface area contributed by atoms with Crippen LogP contribution in [0.25, 0.3) is 0 Å². The molecule has 2 heterocycles. The van der Waals surface area contributed by atoms with Gasteiger partial charge in [0.25, 0.3) is 0 Å². The number of aliphatic imine (C=N–C) groups is 1. The van der Waals surface area contributed by atoms with Crippen molar-refractivity contribution in [3.05, 3.63) is 23.4 Å². The summed E-state index contributed by atoms with van der Waals surface area (Å²) in [6.45, 7) is 7.35. The van der Waals surface area contributed by atoms with Crippen LogP contribution in [0.15, 0.2) is 23.3 Å². The van der Waals surface area contributed by atoms with Crippen molar-refractivity contribution in [2.75, 3.05) is 37.7 Å². The molecular formula is C18H29ClIN5O2. The number of carbonyl (C=O) groups is 1. The largest absolute Gasteiger partial charge is 0.466 e. The van der Waals surface area contributed by atoms with E-state index in [1.807, 2.05) is 26.0 Å². The summed E-state index contributed by atoms with van der Waals surface area (Å²) in [4.78, 5) is 22.5. The molecule has 0 radical (unpaired) electrons. The molecule has 0 spiro atoms. The molecule has 0 bridgehead atoms. The Kier molecular flexibility index (Phi) is 11.4. The summed E-state index contributed by atoms with van der Waals surface area (Å²) in [7, 11) is 0. The summed E-state index contributed by atoms with van der Waals surface area (Å²) in [5, 5.41) is 7.38. The van der Waals surface area contributed by atoms with Crippen LogP contribution in [0.1, 0.15) is 33.1 Å². The van der Waals surface area contributed by atoms with Gasteiger partial charge in [-0.1, -0.05) is 11.6 Å². The van der Waals surface area contributed by atoms with Gasteiger partial charge in [0.15, 0.2) is 5.96 Å². The molecule has 1 aliphatic heterocycles. The van der Waals surface area contributed by atoms with Crippen LogP contribution in [0, 0.1) is 0 Å². The van der Waals surface area contributed by atoms with Crippen molar-refractivity contribution in [1.29, 1.82) is 0 Å². The predicted octanol–water partition coefficient (Wildman–Crippen LogP) is 2.83. The maximum Gasteiger partial charge on any atom is 0.305 e. The number of esters is 1. The zero-order valence-electron chi connectivity index (χ0n) is 15.9. The Morgan fingerprint density at radius 2 is 2.30 bits per heavy atom. The van der Waals surface area contributed by atoms with E-state index in [-0.39, 0.29) is 36.0 Å². The molecule has 7 nitrogen and oxygen atoms in total. The summed E-state index contributed by atoms with van der Waals surface area (Å²) in [5.41, 5.74) is 0. The fourth-order valence-electron chi connectivity index (χ4n) is 2.84. The van der Waals surface area contributed by atoms with Crippen LogP contribution in [0.4, 0.5) is 5.82 Å². The molecule has 2 N–H and O–H groups in total. The van der Waals surface area contributed by atoms with Gasteiger partial charge in [-0.2, -0.15) is 0 Å². The lowest BCUT2D eigenvalue weighted by Gasteiger charge is -2.20. The summed E-state index contributed by atoms with van der Waals surface area (Å²) < 4.78 is 4.93. The van der Waals surface area contributed by atoms with E-state index >= 15 is 0 Å². The second-order valence-corrected chi connectivity index (χ2v) is 6.46. The summed E-state index contributed by atoms with van der Waals surface area (Å²) in [5.74, 6) is 1.43. The number of aromatic nitrogens is 1. The molecule has 1 aromatic heterocycles. The molecule has 1 aliphatic rings. The van der Waals surface area contributed by atoms with E-state index in [1.165, 1.54) is 0 Å². The van der Waals surface area contributed by atoms with Crippen molar-refractivity contribution in [2.24, 2.45) is 4.99 Å². The van der Waals surface area contributed by atoms with Crippen LogP contribution in [-0.2, 0) is 9.53 Å². The van der Waals surface area contributed by atoms with Gasteiger partial charge in [0, 0.05) is 44.8 Å². The van der Waals surface area contributed by atoms with E-state index in [2.05, 4.69) is 25.5 Å². The molecule has 0 amide bonds. The first-order chi connectivity index (χ1) is 12.6. The third-order valence-electron chi connectivity index (χ3n) is 4.03. The van der Waals surface area contributed by atoms with Gasteiger partial charge in [0.2, 0.25) is 0 Å². The second kappa shape index (κ2) is 13.0. The number of nitrogens with one attached hydrogen (secondary N) is 2. The third kappa shape index (κ3) is 8.08. The van der Waals surface area contributed by atoms with E-state index < -0.39 is 0 Å². The minimum atomic E-state index is -0.167. The Morgan fingerprint density at radius 3 is 3.00 bits per heavy atom. The number of nitrogens with zero attached hydrogens (tertiary/aromatic N) is 3.